The van der Waals surface area contributed by atoms with Gasteiger partial charge in [0, 0.05) is 10.9 Å². The Hall–Kier alpha value is -2.75. The van der Waals surface area contributed by atoms with E-state index >= 15 is 0 Å². The fraction of sp³-hybridized carbons (Fsp3) is 0.0625. The number of methoxy groups -OCH3 is 1. The summed E-state index contributed by atoms with van der Waals surface area (Å²) in [7, 11) is 1.55. The third kappa shape index (κ3) is 2.01. The van der Waals surface area contributed by atoms with Gasteiger partial charge in [-0.05, 0) is 30.3 Å². The van der Waals surface area contributed by atoms with Crippen molar-refractivity contribution in [1.82, 2.24) is 0 Å². The number of rotatable bonds is 3. The van der Waals surface area contributed by atoms with Crippen LogP contribution in [0.1, 0.15) is 15.9 Å². The van der Waals surface area contributed by atoms with Crippen LogP contribution in [0, 0.1) is 0 Å². The number of ether oxygens (including phenoxy) is 1. The molecule has 0 spiro atoms. The van der Waals surface area contributed by atoms with Crippen LogP contribution in [0.3, 0.4) is 0 Å². The first-order valence-corrected chi connectivity index (χ1v) is 6.08. The van der Waals surface area contributed by atoms with Gasteiger partial charge in [-0.3, -0.25) is 4.79 Å². The fourth-order valence-corrected chi connectivity index (χ4v) is 2.11. The minimum absolute atomic E-state index is 0.0959. The lowest BCUT2D eigenvalue weighted by Crippen LogP contribution is -2.00. The number of ketones is 1. The number of hydrogen-bond donors (Lipinski definition) is 1. The molecule has 0 bridgehead atoms. The van der Waals surface area contributed by atoms with Crippen molar-refractivity contribution in [3.05, 3.63) is 59.9 Å². The molecule has 20 heavy (non-hydrogen) atoms. The van der Waals surface area contributed by atoms with Crippen LogP contribution >= 0.6 is 0 Å². The zero-order valence-corrected chi connectivity index (χ0v) is 10.8. The number of fused-ring (bicyclic) bond motifs is 1. The highest BCUT2D eigenvalue weighted by atomic mass is 16.5. The molecule has 0 aliphatic heterocycles. The van der Waals surface area contributed by atoms with Crippen LogP contribution in [-0.2, 0) is 0 Å². The maximum atomic E-state index is 12.5. The molecule has 4 heteroatoms. The average Bonchev–Trinajstić information content (AvgIpc) is 2.89. The van der Waals surface area contributed by atoms with Crippen LogP contribution in [0.2, 0.25) is 0 Å². The van der Waals surface area contributed by atoms with E-state index < -0.39 is 0 Å². The molecule has 100 valence electrons. The second-order valence-corrected chi connectivity index (χ2v) is 4.39. The highest BCUT2D eigenvalue weighted by molar-refractivity contribution is 6.16. The van der Waals surface area contributed by atoms with E-state index in [1.165, 1.54) is 18.4 Å². The van der Waals surface area contributed by atoms with Crippen molar-refractivity contribution >= 4 is 16.8 Å². The summed E-state index contributed by atoms with van der Waals surface area (Å²) in [6.07, 6.45) is 1.41. The van der Waals surface area contributed by atoms with Crippen molar-refractivity contribution in [2.75, 3.05) is 7.11 Å². The summed E-state index contributed by atoms with van der Waals surface area (Å²) in [5, 5.41) is 10.1. The van der Waals surface area contributed by atoms with E-state index in [9.17, 15) is 9.90 Å². The minimum Gasteiger partial charge on any atom is -0.508 e. The molecule has 0 saturated carbocycles. The van der Waals surface area contributed by atoms with Gasteiger partial charge in [-0.2, -0.15) is 0 Å². The van der Waals surface area contributed by atoms with Crippen LogP contribution in [0.15, 0.2) is 53.1 Å². The second kappa shape index (κ2) is 4.74. The average molecular weight is 268 g/mol. The Morgan fingerprint density at radius 3 is 2.85 bits per heavy atom. The molecule has 1 N–H and O–H groups in total. The third-order valence-electron chi connectivity index (χ3n) is 3.13. The first-order valence-electron chi connectivity index (χ1n) is 6.08. The van der Waals surface area contributed by atoms with E-state index in [-0.39, 0.29) is 11.5 Å². The smallest absolute Gasteiger partial charge is 0.197 e. The molecule has 0 radical (unpaired) electrons. The van der Waals surface area contributed by atoms with E-state index in [0.29, 0.717) is 27.8 Å². The van der Waals surface area contributed by atoms with E-state index in [0.717, 1.165) is 0 Å². The molecule has 0 aliphatic rings. The number of phenolic OH excluding ortho intramolecular Hbond substituents is 1. The summed E-state index contributed by atoms with van der Waals surface area (Å²) < 4.78 is 10.5. The summed E-state index contributed by atoms with van der Waals surface area (Å²) in [5.41, 5.74) is 1.49. The molecular formula is C16H12O4. The van der Waals surface area contributed by atoms with Gasteiger partial charge in [0.1, 0.15) is 23.3 Å². The number of phenols is 1. The molecule has 1 heterocycles. The first-order chi connectivity index (χ1) is 9.69. The molecule has 0 aliphatic carbocycles. The van der Waals surface area contributed by atoms with Gasteiger partial charge >= 0.3 is 0 Å². The number of carbonyl (C=O) groups is 1. The normalized spacial score (nSPS) is 10.7. The third-order valence-corrected chi connectivity index (χ3v) is 3.13. The zero-order chi connectivity index (χ0) is 14.1. The van der Waals surface area contributed by atoms with E-state index in [4.69, 9.17) is 9.15 Å². The Morgan fingerprint density at radius 2 is 2.05 bits per heavy atom. The Kier molecular flexibility index (Phi) is 2.91. The molecule has 1 aromatic heterocycles. The van der Waals surface area contributed by atoms with Gasteiger partial charge in [0.25, 0.3) is 0 Å². The molecule has 0 atom stereocenters. The van der Waals surface area contributed by atoms with Gasteiger partial charge in [0.05, 0.1) is 12.7 Å². The summed E-state index contributed by atoms with van der Waals surface area (Å²) in [5.74, 6) is 0.540. The van der Waals surface area contributed by atoms with Crippen LogP contribution in [0.4, 0.5) is 0 Å². The lowest BCUT2D eigenvalue weighted by atomic mass is 10.0. The van der Waals surface area contributed by atoms with Crippen LogP contribution in [0.25, 0.3) is 11.0 Å². The zero-order valence-electron chi connectivity index (χ0n) is 10.8. The van der Waals surface area contributed by atoms with Crippen LogP contribution in [0.5, 0.6) is 11.5 Å². The first kappa shape index (κ1) is 12.3. The molecule has 0 unspecified atom stereocenters. The maximum absolute atomic E-state index is 12.5. The van der Waals surface area contributed by atoms with Gasteiger partial charge in [-0.25, -0.2) is 0 Å². The molecule has 0 fully saturated rings. The fourth-order valence-electron chi connectivity index (χ4n) is 2.11. The van der Waals surface area contributed by atoms with Crippen molar-refractivity contribution in [3.63, 3.8) is 0 Å². The number of aromatic hydroxyl groups is 1. The molecule has 3 rings (SSSR count). The topological polar surface area (TPSA) is 59.7 Å². The molecular weight excluding hydrogens is 256 g/mol. The van der Waals surface area contributed by atoms with Crippen LogP contribution < -0.4 is 4.74 Å². The Morgan fingerprint density at radius 1 is 1.20 bits per heavy atom. The predicted molar refractivity (Wildman–Crippen MR) is 74.3 cm³/mol. The summed E-state index contributed by atoms with van der Waals surface area (Å²) >= 11 is 0. The van der Waals surface area contributed by atoms with Gasteiger partial charge in [-0.15, -0.1) is 0 Å². The molecule has 4 nitrogen and oxygen atoms in total. The standard InChI is InChI=1S/C16H12O4/c1-19-12-4-2-3-10(7-12)16(18)14-9-20-15-6-5-11(17)8-13(14)15/h2-9,17H,1H3. The number of carbonyl (C=O) groups excluding carboxylic acids is 1. The molecule has 0 saturated heterocycles. The van der Waals surface area contributed by atoms with Gasteiger partial charge in [-0.1, -0.05) is 12.1 Å². The van der Waals surface area contributed by atoms with Crippen molar-refractivity contribution < 1.29 is 19.1 Å². The predicted octanol–water partition coefficient (Wildman–Crippen LogP) is 3.38. The van der Waals surface area contributed by atoms with E-state index in [1.54, 1.807) is 37.4 Å². The molecule has 3 aromatic rings. The Bertz CT molecular complexity index is 786. The van der Waals surface area contributed by atoms with Crippen molar-refractivity contribution in [2.24, 2.45) is 0 Å². The molecule has 2 aromatic carbocycles. The highest BCUT2D eigenvalue weighted by Crippen LogP contribution is 2.27. The molecule has 0 amide bonds. The number of hydrogen-bond acceptors (Lipinski definition) is 4. The van der Waals surface area contributed by atoms with Gasteiger partial charge in [0.2, 0.25) is 0 Å². The lowest BCUT2D eigenvalue weighted by molar-refractivity contribution is 0.103. The maximum Gasteiger partial charge on any atom is 0.197 e. The van der Waals surface area contributed by atoms with Gasteiger partial charge in [0.15, 0.2) is 5.78 Å². The second-order valence-electron chi connectivity index (χ2n) is 4.39. The summed E-state index contributed by atoms with van der Waals surface area (Å²) in [6, 6.07) is 11.6. The number of benzene rings is 2. The van der Waals surface area contributed by atoms with Crippen LogP contribution in [-0.4, -0.2) is 18.0 Å². The minimum atomic E-state index is -0.173. The van der Waals surface area contributed by atoms with Crippen molar-refractivity contribution in [3.8, 4) is 11.5 Å². The Labute approximate surface area is 115 Å². The monoisotopic (exact) mass is 268 g/mol. The van der Waals surface area contributed by atoms with E-state index in [1.807, 2.05) is 0 Å². The largest absolute Gasteiger partial charge is 0.508 e. The van der Waals surface area contributed by atoms with Crippen molar-refractivity contribution in [2.45, 2.75) is 0 Å². The lowest BCUT2D eigenvalue weighted by Gasteiger charge is -2.03. The van der Waals surface area contributed by atoms with Gasteiger partial charge < -0.3 is 14.3 Å². The summed E-state index contributed by atoms with van der Waals surface area (Å²) in [6.45, 7) is 0. The Balaban J connectivity index is 2.10. The van der Waals surface area contributed by atoms with Crippen molar-refractivity contribution in [1.29, 1.82) is 0 Å². The highest BCUT2D eigenvalue weighted by Gasteiger charge is 2.16. The quantitative estimate of drug-likeness (QED) is 0.740. The number of furan rings is 1. The SMILES string of the molecule is COc1cccc(C(=O)c2coc3ccc(O)cc23)c1. The van der Waals surface area contributed by atoms with E-state index in [2.05, 4.69) is 0 Å². The summed E-state index contributed by atoms with van der Waals surface area (Å²) in [4.78, 5) is 12.5.